The van der Waals surface area contributed by atoms with Crippen molar-refractivity contribution in [2.75, 3.05) is 19.7 Å². The summed E-state index contributed by atoms with van der Waals surface area (Å²) in [5.74, 6) is 2.05. The molecule has 33 heavy (non-hydrogen) atoms. The van der Waals surface area contributed by atoms with E-state index in [1.807, 2.05) is 68.1 Å². The van der Waals surface area contributed by atoms with E-state index in [2.05, 4.69) is 29.5 Å². The molecule has 1 N–H and O–H groups in total. The number of nitrogens with zero attached hydrogens (tertiary/aromatic N) is 2. The predicted molar refractivity (Wildman–Crippen MR) is 127 cm³/mol. The molecule has 2 aromatic rings. The molecule has 0 spiro atoms. The van der Waals surface area contributed by atoms with E-state index in [9.17, 15) is 4.79 Å². The third-order valence-corrected chi connectivity index (χ3v) is 5.93. The van der Waals surface area contributed by atoms with Crippen molar-refractivity contribution >= 4 is 11.9 Å². The third-order valence-electron chi connectivity index (χ3n) is 5.93. The number of hydrogen-bond acceptors (Lipinski definition) is 6. The summed E-state index contributed by atoms with van der Waals surface area (Å²) in [5.41, 5.74) is 4.53. The Kier molecular flexibility index (Phi) is 6.88. The molecule has 1 fully saturated rings. The molecule has 0 bridgehead atoms. The van der Waals surface area contributed by atoms with Crippen molar-refractivity contribution in [1.82, 2.24) is 10.4 Å². The molecule has 0 saturated carbocycles. The minimum Gasteiger partial charge on any atom is -0.486 e. The first-order valence-electron chi connectivity index (χ1n) is 11.6. The van der Waals surface area contributed by atoms with Crippen LogP contribution in [0.5, 0.6) is 5.75 Å². The van der Waals surface area contributed by atoms with Gasteiger partial charge in [0.1, 0.15) is 18.0 Å². The Morgan fingerprint density at radius 1 is 1.12 bits per heavy atom. The minimum absolute atomic E-state index is 0.242. The molecule has 2 aromatic carbocycles. The summed E-state index contributed by atoms with van der Waals surface area (Å²) in [4.78, 5) is 24.5. The smallest absolute Gasteiger partial charge is 0.410 e. The van der Waals surface area contributed by atoms with Gasteiger partial charge in [-0.2, -0.15) is 0 Å². The first-order chi connectivity index (χ1) is 15.8. The minimum atomic E-state index is -0.495. The summed E-state index contributed by atoms with van der Waals surface area (Å²) in [5, 5.41) is 0. The number of amides is 1. The molecule has 3 atom stereocenters. The van der Waals surface area contributed by atoms with Crippen molar-refractivity contribution in [2.24, 2.45) is 10.9 Å². The van der Waals surface area contributed by atoms with Crippen LogP contribution in [-0.4, -0.2) is 42.1 Å². The number of hydroxylamine groups is 1. The van der Waals surface area contributed by atoms with E-state index < -0.39 is 5.60 Å². The van der Waals surface area contributed by atoms with Gasteiger partial charge in [-0.1, -0.05) is 55.8 Å². The molecule has 4 rings (SSSR count). The summed E-state index contributed by atoms with van der Waals surface area (Å²) < 4.78 is 11.6. The first-order valence-corrected chi connectivity index (χ1v) is 11.6. The lowest BCUT2D eigenvalue weighted by atomic mass is 9.87. The lowest BCUT2D eigenvalue weighted by Gasteiger charge is -2.24. The van der Waals surface area contributed by atoms with Gasteiger partial charge in [-0.05, 0) is 44.4 Å². The van der Waals surface area contributed by atoms with Crippen molar-refractivity contribution in [3.05, 3.63) is 65.7 Å². The molecule has 176 valence electrons. The highest BCUT2D eigenvalue weighted by Crippen LogP contribution is 2.36. The highest BCUT2D eigenvalue weighted by molar-refractivity contribution is 5.83. The Balaban J connectivity index is 1.39. The van der Waals surface area contributed by atoms with Gasteiger partial charge in [0.05, 0.1) is 0 Å². The topological polar surface area (TPSA) is 72.4 Å². The molecule has 0 radical (unpaired) electrons. The van der Waals surface area contributed by atoms with Crippen molar-refractivity contribution in [2.45, 2.75) is 51.9 Å². The van der Waals surface area contributed by atoms with Crippen LogP contribution in [0.4, 0.5) is 4.79 Å². The van der Waals surface area contributed by atoms with Crippen molar-refractivity contribution in [3.8, 4) is 5.75 Å². The number of carbonyl (C=O) groups excluding carboxylic acids is 1. The van der Waals surface area contributed by atoms with Crippen molar-refractivity contribution < 1.29 is 19.1 Å². The van der Waals surface area contributed by atoms with Gasteiger partial charge in [0.25, 0.3) is 0 Å². The molecule has 0 aromatic heterocycles. The average molecular weight is 452 g/mol. The van der Waals surface area contributed by atoms with Gasteiger partial charge in [0.15, 0.2) is 5.84 Å². The van der Waals surface area contributed by atoms with E-state index in [4.69, 9.17) is 14.3 Å². The van der Waals surface area contributed by atoms with Crippen LogP contribution in [-0.2, 0) is 9.57 Å². The van der Waals surface area contributed by atoms with Gasteiger partial charge in [0, 0.05) is 24.6 Å². The van der Waals surface area contributed by atoms with Crippen LogP contribution in [0.2, 0.25) is 0 Å². The number of amidine groups is 1. The summed E-state index contributed by atoms with van der Waals surface area (Å²) in [7, 11) is 0. The Bertz CT molecular complexity index is 987. The quantitative estimate of drug-likeness (QED) is 0.665. The lowest BCUT2D eigenvalue weighted by molar-refractivity contribution is 0.0286. The lowest BCUT2D eigenvalue weighted by Crippen LogP contribution is -2.35. The fraction of sp³-hybridized carbons (Fsp3) is 0.462. The Morgan fingerprint density at radius 2 is 1.88 bits per heavy atom. The maximum Gasteiger partial charge on any atom is 0.410 e. The predicted octanol–water partition coefficient (Wildman–Crippen LogP) is 5.06. The van der Waals surface area contributed by atoms with Gasteiger partial charge in [-0.25, -0.2) is 20.1 Å². The van der Waals surface area contributed by atoms with Crippen LogP contribution >= 0.6 is 0 Å². The molecule has 1 saturated heterocycles. The Morgan fingerprint density at radius 3 is 2.61 bits per heavy atom. The highest BCUT2D eigenvalue weighted by Gasteiger charge is 2.37. The summed E-state index contributed by atoms with van der Waals surface area (Å²) in [6.07, 6.45) is 0.390. The molecule has 1 amide bonds. The van der Waals surface area contributed by atoms with Gasteiger partial charge in [-0.15, -0.1) is 0 Å². The van der Waals surface area contributed by atoms with Crippen molar-refractivity contribution in [3.63, 3.8) is 0 Å². The fourth-order valence-electron chi connectivity index (χ4n) is 4.27. The monoisotopic (exact) mass is 451 g/mol. The zero-order valence-corrected chi connectivity index (χ0v) is 19.8. The second-order valence-corrected chi connectivity index (χ2v) is 9.58. The van der Waals surface area contributed by atoms with Crippen LogP contribution in [0.15, 0.2) is 59.6 Å². The largest absolute Gasteiger partial charge is 0.486 e. The Labute approximate surface area is 195 Å². The molecular formula is C26H33N3O4. The van der Waals surface area contributed by atoms with E-state index in [0.29, 0.717) is 31.4 Å². The summed E-state index contributed by atoms with van der Waals surface area (Å²) in [6.45, 7) is 9.51. The van der Waals surface area contributed by atoms with Gasteiger partial charge >= 0.3 is 6.09 Å². The number of aliphatic imine (C=N–C) groups is 1. The molecule has 2 aliphatic rings. The third kappa shape index (κ3) is 5.85. The number of carbonyl (C=O) groups is 1. The van der Waals surface area contributed by atoms with E-state index >= 15 is 0 Å². The molecule has 7 nitrogen and oxygen atoms in total. The number of nitrogens with one attached hydrogen (secondary N) is 1. The normalized spacial score (nSPS) is 22.6. The second kappa shape index (κ2) is 9.83. The number of rotatable bonds is 6. The van der Waals surface area contributed by atoms with Crippen LogP contribution < -0.4 is 10.2 Å². The van der Waals surface area contributed by atoms with Gasteiger partial charge in [-0.3, -0.25) is 0 Å². The van der Waals surface area contributed by atoms with Gasteiger partial charge in [0.2, 0.25) is 6.23 Å². The molecule has 2 aliphatic heterocycles. The number of ether oxygens (including phenoxy) is 2. The summed E-state index contributed by atoms with van der Waals surface area (Å²) >= 11 is 0. The zero-order chi connectivity index (χ0) is 23.4. The maximum atomic E-state index is 12.6. The van der Waals surface area contributed by atoms with E-state index in [0.717, 1.165) is 17.7 Å². The van der Waals surface area contributed by atoms with Crippen LogP contribution in [0.3, 0.4) is 0 Å². The number of hydrogen-bond donors (Lipinski definition) is 1. The molecular weight excluding hydrogens is 418 g/mol. The van der Waals surface area contributed by atoms with E-state index in [1.165, 1.54) is 5.56 Å². The van der Waals surface area contributed by atoms with Gasteiger partial charge < -0.3 is 14.4 Å². The van der Waals surface area contributed by atoms with Crippen LogP contribution in [0, 0.1) is 5.92 Å². The Hall–Kier alpha value is -3.06. The summed E-state index contributed by atoms with van der Waals surface area (Å²) in [6, 6.07) is 18.0. The number of benzene rings is 2. The van der Waals surface area contributed by atoms with Crippen molar-refractivity contribution in [1.29, 1.82) is 0 Å². The first kappa shape index (κ1) is 23.1. The molecule has 2 heterocycles. The number of likely N-dealkylation sites (tertiary alicyclic amines) is 1. The SMILES string of the molecule is CC[C@H]1CN(C(=O)OC(C)(C)C)C[C@H]1c1cccc(OCC2=NC(c3ccccc3)ON2)c1. The van der Waals surface area contributed by atoms with E-state index in [1.54, 1.807) is 0 Å². The van der Waals surface area contributed by atoms with Crippen LogP contribution in [0.25, 0.3) is 0 Å². The van der Waals surface area contributed by atoms with E-state index in [-0.39, 0.29) is 18.2 Å². The highest BCUT2D eigenvalue weighted by atomic mass is 16.7. The average Bonchev–Trinajstić information content (AvgIpc) is 3.45. The second-order valence-electron chi connectivity index (χ2n) is 9.58. The molecule has 1 unspecified atom stereocenters. The standard InChI is InChI=1S/C26H33N3O4/c1-5-18-15-29(25(30)32-26(2,3)4)16-22(18)20-12-9-13-21(14-20)31-17-23-27-24(33-28-23)19-10-7-6-8-11-19/h6-14,18,22,24H,5,15-17H2,1-4H3,(H,27,28)/t18-,22+,24?/m0/s1. The molecule has 0 aliphatic carbocycles. The molecule has 7 heteroatoms. The fourth-order valence-corrected chi connectivity index (χ4v) is 4.27. The zero-order valence-electron chi connectivity index (χ0n) is 19.8. The maximum absolute atomic E-state index is 12.6. The van der Waals surface area contributed by atoms with Crippen LogP contribution in [0.1, 0.15) is 57.4 Å².